The number of hydrogen-bond acceptors (Lipinski definition) is 5. The second kappa shape index (κ2) is 6.83. The number of nitrogens with one attached hydrogen (secondary N) is 1. The second-order valence-electron chi connectivity index (χ2n) is 4.37. The summed E-state index contributed by atoms with van der Waals surface area (Å²) in [6, 6.07) is 7.61. The molecule has 106 valence electrons. The van der Waals surface area contributed by atoms with E-state index in [1.807, 2.05) is 18.2 Å². The normalized spacial score (nSPS) is 10.8. The average molecular weight is 274 g/mol. The Bertz CT molecular complexity index is 553. The van der Waals surface area contributed by atoms with Gasteiger partial charge < -0.3 is 4.42 Å². The standard InChI is InChI=1S/C14H18N4O2/c1-2-18(10-12-5-3-4-7-16-12)9-11-6-8-20-13(11)14(19)17-15/h3-8H,2,9-10,15H2,1H3,(H,17,19). The van der Waals surface area contributed by atoms with Crippen LogP contribution < -0.4 is 11.3 Å². The van der Waals surface area contributed by atoms with Crippen LogP contribution in [0.4, 0.5) is 0 Å². The molecule has 0 aliphatic heterocycles. The third-order valence-electron chi connectivity index (χ3n) is 3.04. The summed E-state index contributed by atoms with van der Waals surface area (Å²) in [7, 11) is 0. The summed E-state index contributed by atoms with van der Waals surface area (Å²) in [5.74, 6) is 4.97. The van der Waals surface area contributed by atoms with E-state index < -0.39 is 5.91 Å². The molecule has 6 heteroatoms. The van der Waals surface area contributed by atoms with Crippen LogP contribution in [0, 0.1) is 0 Å². The maximum absolute atomic E-state index is 11.6. The zero-order valence-corrected chi connectivity index (χ0v) is 11.4. The van der Waals surface area contributed by atoms with Crippen molar-refractivity contribution in [3.05, 3.63) is 53.7 Å². The first-order valence-corrected chi connectivity index (χ1v) is 6.44. The topological polar surface area (TPSA) is 84.4 Å². The minimum absolute atomic E-state index is 0.256. The average Bonchev–Trinajstić information content (AvgIpc) is 2.95. The Morgan fingerprint density at radius 1 is 1.40 bits per heavy atom. The van der Waals surface area contributed by atoms with Gasteiger partial charge in [0, 0.05) is 24.8 Å². The van der Waals surface area contributed by atoms with Gasteiger partial charge in [0.05, 0.1) is 12.0 Å². The maximum Gasteiger partial charge on any atom is 0.301 e. The van der Waals surface area contributed by atoms with E-state index in [4.69, 9.17) is 10.3 Å². The van der Waals surface area contributed by atoms with Crippen LogP contribution in [0.2, 0.25) is 0 Å². The molecular weight excluding hydrogens is 256 g/mol. The molecule has 0 aliphatic rings. The Labute approximate surface area is 117 Å². The van der Waals surface area contributed by atoms with Gasteiger partial charge in [0.25, 0.3) is 0 Å². The molecule has 0 aromatic carbocycles. The Hall–Kier alpha value is -2.18. The number of carbonyl (C=O) groups is 1. The van der Waals surface area contributed by atoms with Crippen LogP contribution in [-0.4, -0.2) is 22.3 Å². The molecule has 3 N–H and O–H groups in total. The number of hydrazine groups is 1. The highest BCUT2D eigenvalue weighted by molar-refractivity contribution is 5.92. The van der Waals surface area contributed by atoms with Crippen molar-refractivity contribution < 1.29 is 9.21 Å². The lowest BCUT2D eigenvalue weighted by atomic mass is 10.2. The van der Waals surface area contributed by atoms with Gasteiger partial charge in [0.15, 0.2) is 5.76 Å². The number of amides is 1. The molecule has 0 atom stereocenters. The van der Waals surface area contributed by atoms with Crippen molar-refractivity contribution in [1.82, 2.24) is 15.3 Å². The number of furan rings is 1. The quantitative estimate of drug-likeness (QED) is 0.471. The molecule has 0 saturated heterocycles. The molecule has 2 heterocycles. The van der Waals surface area contributed by atoms with Crippen molar-refractivity contribution in [2.24, 2.45) is 5.84 Å². The van der Waals surface area contributed by atoms with E-state index in [1.165, 1.54) is 6.26 Å². The molecule has 0 aliphatic carbocycles. The number of hydrogen-bond donors (Lipinski definition) is 2. The summed E-state index contributed by atoms with van der Waals surface area (Å²) in [5.41, 5.74) is 3.88. The van der Waals surface area contributed by atoms with E-state index in [2.05, 4.69) is 22.2 Å². The lowest BCUT2D eigenvalue weighted by Crippen LogP contribution is -2.31. The zero-order valence-electron chi connectivity index (χ0n) is 11.4. The number of aromatic nitrogens is 1. The first-order chi connectivity index (χ1) is 9.74. The van der Waals surface area contributed by atoms with Crippen molar-refractivity contribution in [3.8, 4) is 0 Å². The molecule has 0 spiro atoms. The first-order valence-electron chi connectivity index (χ1n) is 6.44. The number of nitrogens with two attached hydrogens (primary N) is 1. The monoisotopic (exact) mass is 274 g/mol. The van der Waals surface area contributed by atoms with E-state index in [9.17, 15) is 4.79 Å². The van der Waals surface area contributed by atoms with Crippen molar-refractivity contribution in [2.75, 3.05) is 6.54 Å². The van der Waals surface area contributed by atoms with Crippen LogP contribution in [0.15, 0.2) is 41.1 Å². The highest BCUT2D eigenvalue weighted by Crippen LogP contribution is 2.14. The first kappa shape index (κ1) is 14.2. The number of nitrogen functional groups attached to an aromatic ring is 1. The molecule has 1 amide bonds. The number of carbonyl (C=O) groups excluding carboxylic acids is 1. The zero-order chi connectivity index (χ0) is 14.4. The van der Waals surface area contributed by atoms with Gasteiger partial charge in [-0.05, 0) is 24.7 Å². The van der Waals surface area contributed by atoms with E-state index >= 15 is 0 Å². The van der Waals surface area contributed by atoms with Crippen LogP contribution in [0.5, 0.6) is 0 Å². The summed E-state index contributed by atoms with van der Waals surface area (Å²) in [4.78, 5) is 18.0. The van der Waals surface area contributed by atoms with Gasteiger partial charge >= 0.3 is 5.91 Å². The predicted octanol–water partition coefficient (Wildman–Crippen LogP) is 1.30. The van der Waals surface area contributed by atoms with E-state index in [1.54, 1.807) is 12.3 Å². The number of rotatable bonds is 6. The van der Waals surface area contributed by atoms with Crippen molar-refractivity contribution in [3.63, 3.8) is 0 Å². The fraction of sp³-hybridized carbons (Fsp3) is 0.286. The fourth-order valence-corrected chi connectivity index (χ4v) is 1.97. The summed E-state index contributed by atoms with van der Waals surface area (Å²) in [6.45, 7) is 4.22. The highest BCUT2D eigenvalue weighted by atomic mass is 16.3. The number of nitrogens with zero attached hydrogens (tertiary/aromatic N) is 2. The van der Waals surface area contributed by atoms with Gasteiger partial charge in [-0.15, -0.1) is 0 Å². The van der Waals surface area contributed by atoms with Gasteiger partial charge in [-0.1, -0.05) is 13.0 Å². The molecule has 2 aromatic rings. The Kier molecular flexibility index (Phi) is 4.86. The van der Waals surface area contributed by atoms with Crippen molar-refractivity contribution >= 4 is 5.91 Å². The summed E-state index contributed by atoms with van der Waals surface area (Å²) in [6.07, 6.45) is 3.27. The largest absolute Gasteiger partial charge is 0.459 e. The number of pyridine rings is 1. The maximum atomic E-state index is 11.6. The summed E-state index contributed by atoms with van der Waals surface area (Å²) >= 11 is 0. The Morgan fingerprint density at radius 3 is 2.90 bits per heavy atom. The molecule has 0 bridgehead atoms. The third-order valence-corrected chi connectivity index (χ3v) is 3.04. The summed E-state index contributed by atoms with van der Waals surface area (Å²) in [5, 5.41) is 0. The molecule has 0 radical (unpaired) electrons. The molecule has 0 fully saturated rings. The Balaban J connectivity index is 2.07. The van der Waals surface area contributed by atoms with E-state index in [-0.39, 0.29) is 5.76 Å². The predicted molar refractivity (Wildman–Crippen MR) is 74.4 cm³/mol. The molecule has 2 aromatic heterocycles. The van der Waals surface area contributed by atoms with Gasteiger partial charge in [0.1, 0.15) is 0 Å². The lowest BCUT2D eigenvalue weighted by molar-refractivity contribution is 0.0923. The van der Waals surface area contributed by atoms with Crippen LogP contribution in [0.25, 0.3) is 0 Å². The minimum Gasteiger partial charge on any atom is -0.459 e. The molecule has 2 rings (SSSR count). The molecule has 0 saturated carbocycles. The Morgan fingerprint density at radius 2 is 2.25 bits per heavy atom. The van der Waals surface area contributed by atoms with Gasteiger partial charge in [-0.2, -0.15) is 0 Å². The van der Waals surface area contributed by atoms with Gasteiger partial charge in [0.2, 0.25) is 0 Å². The van der Waals surface area contributed by atoms with Crippen LogP contribution in [0.3, 0.4) is 0 Å². The lowest BCUT2D eigenvalue weighted by Gasteiger charge is -2.19. The minimum atomic E-state index is -0.418. The molecule has 0 unspecified atom stereocenters. The van der Waals surface area contributed by atoms with Crippen LogP contribution in [0.1, 0.15) is 28.7 Å². The summed E-state index contributed by atoms with van der Waals surface area (Å²) < 4.78 is 5.18. The van der Waals surface area contributed by atoms with E-state index in [0.717, 1.165) is 17.8 Å². The van der Waals surface area contributed by atoms with Gasteiger partial charge in [-0.25, -0.2) is 5.84 Å². The fourth-order valence-electron chi connectivity index (χ4n) is 1.97. The van der Waals surface area contributed by atoms with Crippen molar-refractivity contribution in [2.45, 2.75) is 20.0 Å². The highest BCUT2D eigenvalue weighted by Gasteiger charge is 2.16. The molecule has 20 heavy (non-hydrogen) atoms. The van der Waals surface area contributed by atoms with Crippen LogP contribution in [-0.2, 0) is 13.1 Å². The SMILES string of the molecule is CCN(Cc1ccccn1)Cc1ccoc1C(=O)NN. The van der Waals surface area contributed by atoms with Crippen molar-refractivity contribution in [1.29, 1.82) is 0 Å². The smallest absolute Gasteiger partial charge is 0.301 e. The third kappa shape index (κ3) is 3.43. The second-order valence-corrected chi connectivity index (χ2v) is 4.37. The van der Waals surface area contributed by atoms with Gasteiger partial charge in [-0.3, -0.25) is 20.1 Å². The molecule has 6 nitrogen and oxygen atoms in total. The molecular formula is C14H18N4O2. The van der Waals surface area contributed by atoms with Crippen LogP contribution >= 0.6 is 0 Å². The van der Waals surface area contributed by atoms with E-state index in [0.29, 0.717) is 13.1 Å².